The number of alkyl carbamates (subject to hydrolysis) is 1. The van der Waals surface area contributed by atoms with Crippen LogP contribution >= 0.6 is 0 Å². The number of hydrogen-bond donors (Lipinski definition) is 1. The Morgan fingerprint density at radius 1 is 1.08 bits per heavy atom. The van der Waals surface area contributed by atoms with Gasteiger partial charge in [0, 0.05) is 12.1 Å². The van der Waals surface area contributed by atoms with E-state index in [1.54, 1.807) is 13.0 Å². The summed E-state index contributed by atoms with van der Waals surface area (Å²) in [5, 5.41) is 2.70. The summed E-state index contributed by atoms with van der Waals surface area (Å²) in [5.41, 5.74) is 2.62. The van der Waals surface area contributed by atoms with Crippen molar-refractivity contribution in [3.63, 3.8) is 0 Å². The third kappa shape index (κ3) is 6.08. The molecule has 0 unspecified atom stereocenters. The lowest BCUT2D eigenvalue weighted by molar-refractivity contribution is 0.101. The molecule has 0 saturated heterocycles. The van der Waals surface area contributed by atoms with Crippen molar-refractivity contribution in [2.75, 3.05) is 6.54 Å². The molecule has 0 heterocycles. The quantitative estimate of drug-likeness (QED) is 0.613. The molecule has 24 heavy (non-hydrogen) atoms. The molecule has 4 nitrogen and oxygen atoms in total. The van der Waals surface area contributed by atoms with Crippen LogP contribution in [0, 0.1) is 0 Å². The van der Waals surface area contributed by atoms with Crippen molar-refractivity contribution in [2.45, 2.75) is 20.0 Å². The summed E-state index contributed by atoms with van der Waals surface area (Å²) >= 11 is 0. The van der Waals surface area contributed by atoms with Crippen LogP contribution in [0.2, 0.25) is 0 Å². The molecule has 4 heteroatoms. The molecule has 2 aromatic carbocycles. The normalized spacial score (nSPS) is 10.5. The maximum atomic E-state index is 11.6. The molecule has 0 aliphatic carbocycles. The minimum Gasteiger partial charge on any atom is -0.445 e. The number of ether oxygens (including phenoxy) is 1. The molecular formula is C20H21NO3. The van der Waals surface area contributed by atoms with E-state index < -0.39 is 6.09 Å². The molecule has 2 aromatic rings. The van der Waals surface area contributed by atoms with Crippen LogP contribution in [0.5, 0.6) is 0 Å². The summed E-state index contributed by atoms with van der Waals surface area (Å²) in [6, 6.07) is 17.0. The molecule has 2 rings (SSSR count). The molecule has 0 radical (unpaired) electrons. The maximum absolute atomic E-state index is 11.6. The number of carbonyl (C=O) groups is 2. The SMILES string of the molecule is CC(=O)c1cccc(C=CCCNC(=O)OCc2ccccc2)c1. The molecule has 124 valence electrons. The highest BCUT2D eigenvalue weighted by Gasteiger charge is 2.01. The molecule has 0 aromatic heterocycles. The molecule has 0 spiro atoms. The Labute approximate surface area is 142 Å². The number of hydrogen-bond acceptors (Lipinski definition) is 3. The lowest BCUT2D eigenvalue weighted by atomic mass is 10.1. The summed E-state index contributed by atoms with van der Waals surface area (Å²) in [4.78, 5) is 22.9. The van der Waals surface area contributed by atoms with E-state index in [0.717, 1.165) is 11.1 Å². The van der Waals surface area contributed by atoms with Gasteiger partial charge in [-0.15, -0.1) is 0 Å². The van der Waals surface area contributed by atoms with Gasteiger partial charge in [-0.05, 0) is 30.5 Å². The van der Waals surface area contributed by atoms with Gasteiger partial charge in [-0.25, -0.2) is 4.79 Å². The van der Waals surface area contributed by atoms with Gasteiger partial charge in [0.05, 0.1) is 0 Å². The Morgan fingerprint density at radius 3 is 2.62 bits per heavy atom. The fourth-order valence-electron chi connectivity index (χ4n) is 2.11. The number of rotatable bonds is 7. The first kappa shape index (κ1) is 17.5. The van der Waals surface area contributed by atoms with Crippen LogP contribution in [0.4, 0.5) is 4.79 Å². The van der Waals surface area contributed by atoms with E-state index in [4.69, 9.17) is 4.74 Å². The zero-order valence-electron chi connectivity index (χ0n) is 13.7. The average molecular weight is 323 g/mol. The van der Waals surface area contributed by atoms with Gasteiger partial charge < -0.3 is 10.1 Å². The first-order valence-electron chi connectivity index (χ1n) is 7.87. The highest BCUT2D eigenvalue weighted by Crippen LogP contribution is 2.08. The molecule has 0 atom stereocenters. The van der Waals surface area contributed by atoms with E-state index in [1.807, 2.05) is 60.7 Å². The predicted molar refractivity (Wildman–Crippen MR) is 94.7 cm³/mol. The van der Waals surface area contributed by atoms with Crippen molar-refractivity contribution in [3.8, 4) is 0 Å². The van der Waals surface area contributed by atoms with E-state index in [2.05, 4.69) is 5.32 Å². The maximum Gasteiger partial charge on any atom is 0.407 e. The number of benzene rings is 2. The van der Waals surface area contributed by atoms with E-state index in [1.165, 1.54) is 0 Å². The average Bonchev–Trinajstić information content (AvgIpc) is 2.61. The van der Waals surface area contributed by atoms with Crippen molar-refractivity contribution in [1.29, 1.82) is 0 Å². The number of Topliss-reactive ketones (excluding diaryl/α,β-unsaturated/α-hetero) is 1. The first-order valence-corrected chi connectivity index (χ1v) is 7.87. The lowest BCUT2D eigenvalue weighted by Crippen LogP contribution is -2.24. The zero-order chi connectivity index (χ0) is 17.2. The minimum atomic E-state index is -0.425. The first-order chi connectivity index (χ1) is 11.6. The van der Waals surface area contributed by atoms with Crippen LogP contribution in [-0.2, 0) is 11.3 Å². The van der Waals surface area contributed by atoms with Crippen molar-refractivity contribution < 1.29 is 14.3 Å². The fraction of sp³-hybridized carbons (Fsp3) is 0.200. The Bertz CT molecular complexity index is 708. The minimum absolute atomic E-state index is 0.0491. The highest BCUT2D eigenvalue weighted by molar-refractivity contribution is 5.94. The van der Waals surface area contributed by atoms with E-state index in [-0.39, 0.29) is 12.4 Å². The van der Waals surface area contributed by atoms with Crippen molar-refractivity contribution in [2.24, 2.45) is 0 Å². The number of carbonyl (C=O) groups excluding carboxylic acids is 2. The Kier molecular flexibility index (Phi) is 6.77. The van der Waals surface area contributed by atoms with Gasteiger partial charge in [-0.3, -0.25) is 4.79 Å². The standard InChI is InChI=1S/C20H21NO3/c1-16(22)19-12-7-11-17(14-19)8-5-6-13-21-20(23)24-15-18-9-3-2-4-10-18/h2-5,7-12,14H,6,13,15H2,1H3,(H,21,23). The Balaban J connectivity index is 1.68. The van der Waals surface area contributed by atoms with Crippen LogP contribution in [0.3, 0.4) is 0 Å². The van der Waals surface area contributed by atoms with E-state index in [9.17, 15) is 9.59 Å². The van der Waals surface area contributed by atoms with Crippen LogP contribution in [0.25, 0.3) is 6.08 Å². The van der Waals surface area contributed by atoms with Gasteiger partial charge >= 0.3 is 6.09 Å². The van der Waals surface area contributed by atoms with Gasteiger partial charge in [-0.2, -0.15) is 0 Å². The summed E-state index contributed by atoms with van der Waals surface area (Å²) in [6.45, 7) is 2.31. The molecule has 0 aliphatic heterocycles. The smallest absolute Gasteiger partial charge is 0.407 e. The second-order valence-corrected chi connectivity index (χ2v) is 5.36. The Hall–Kier alpha value is -2.88. The topological polar surface area (TPSA) is 55.4 Å². The summed E-state index contributed by atoms with van der Waals surface area (Å²) < 4.78 is 5.12. The van der Waals surface area contributed by atoms with E-state index >= 15 is 0 Å². The molecule has 1 N–H and O–H groups in total. The molecule has 0 aliphatic rings. The zero-order valence-corrected chi connectivity index (χ0v) is 13.7. The number of nitrogens with one attached hydrogen (secondary N) is 1. The van der Waals surface area contributed by atoms with Crippen LogP contribution in [0.1, 0.15) is 34.8 Å². The van der Waals surface area contributed by atoms with Gasteiger partial charge in [-0.1, -0.05) is 60.7 Å². The molecule has 0 saturated carbocycles. The lowest BCUT2D eigenvalue weighted by Gasteiger charge is -2.05. The van der Waals surface area contributed by atoms with Crippen LogP contribution in [-0.4, -0.2) is 18.4 Å². The Morgan fingerprint density at radius 2 is 1.88 bits per heavy atom. The van der Waals surface area contributed by atoms with Crippen molar-refractivity contribution in [1.82, 2.24) is 5.32 Å². The third-order valence-corrected chi connectivity index (χ3v) is 3.40. The van der Waals surface area contributed by atoms with E-state index in [0.29, 0.717) is 18.5 Å². The van der Waals surface area contributed by atoms with Gasteiger partial charge in [0.2, 0.25) is 0 Å². The predicted octanol–water partition coefficient (Wildman–Crippen LogP) is 4.22. The highest BCUT2D eigenvalue weighted by atomic mass is 16.5. The number of amides is 1. The largest absolute Gasteiger partial charge is 0.445 e. The second kappa shape index (κ2) is 9.30. The molecule has 1 amide bonds. The van der Waals surface area contributed by atoms with Crippen LogP contribution < -0.4 is 5.32 Å². The fourth-order valence-corrected chi connectivity index (χ4v) is 2.11. The molecule has 0 bridgehead atoms. The summed E-state index contributed by atoms with van der Waals surface area (Å²) in [6.07, 6.45) is 4.15. The third-order valence-electron chi connectivity index (χ3n) is 3.40. The van der Waals surface area contributed by atoms with Gasteiger partial charge in [0.15, 0.2) is 5.78 Å². The number of ketones is 1. The van der Waals surface area contributed by atoms with Crippen LogP contribution in [0.15, 0.2) is 60.7 Å². The van der Waals surface area contributed by atoms with Crippen molar-refractivity contribution in [3.05, 3.63) is 77.4 Å². The van der Waals surface area contributed by atoms with Gasteiger partial charge in [0.25, 0.3) is 0 Å². The monoisotopic (exact) mass is 323 g/mol. The summed E-state index contributed by atoms with van der Waals surface area (Å²) in [5.74, 6) is 0.0491. The summed E-state index contributed by atoms with van der Waals surface area (Å²) in [7, 11) is 0. The van der Waals surface area contributed by atoms with Gasteiger partial charge in [0.1, 0.15) is 6.61 Å². The molecular weight excluding hydrogens is 302 g/mol. The molecule has 0 fully saturated rings. The second-order valence-electron chi connectivity index (χ2n) is 5.36. The van der Waals surface area contributed by atoms with Crippen molar-refractivity contribution >= 4 is 18.0 Å².